The Labute approximate surface area is 222 Å². The summed E-state index contributed by atoms with van der Waals surface area (Å²) in [7, 11) is 1.70. The molecule has 0 saturated heterocycles. The number of rotatable bonds is 10. The molecule has 200 valence electrons. The number of carbonyl (C=O) groups is 3. The van der Waals surface area contributed by atoms with Crippen LogP contribution in [-0.4, -0.2) is 52.0 Å². The van der Waals surface area contributed by atoms with Gasteiger partial charge in [0.15, 0.2) is 0 Å². The van der Waals surface area contributed by atoms with Gasteiger partial charge < -0.3 is 31.2 Å². The Morgan fingerprint density at radius 2 is 1.39 bits per heavy atom. The van der Waals surface area contributed by atoms with Crippen LogP contribution in [0.15, 0.2) is 60.9 Å². The number of aromatic nitrogens is 2. The molecule has 0 aliphatic rings. The van der Waals surface area contributed by atoms with E-state index in [0.29, 0.717) is 6.42 Å². The molecule has 4 aromatic rings. The summed E-state index contributed by atoms with van der Waals surface area (Å²) < 4.78 is 0. The van der Waals surface area contributed by atoms with Crippen molar-refractivity contribution in [3.63, 3.8) is 0 Å². The van der Waals surface area contributed by atoms with Crippen LogP contribution in [0.25, 0.3) is 21.8 Å². The number of benzene rings is 2. The van der Waals surface area contributed by atoms with E-state index in [1.165, 1.54) is 6.92 Å². The predicted octanol–water partition coefficient (Wildman–Crippen LogP) is 2.89. The minimum atomic E-state index is -1.10. The molecule has 2 aromatic carbocycles. The lowest BCUT2D eigenvalue weighted by Crippen LogP contribution is -2.64. The van der Waals surface area contributed by atoms with E-state index in [4.69, 9.17) is 0 Å². The van der Waals surface area contributed by atoms with E-state index in [1.54, 1.807) is 27.8 Å². The Balaban J connectivity index is 1.64. The summed E-state index contributed by atoms with van der Waals surface area (Å²) in [5.74, 6) is -0.981. The molecule has 3 amide bonds. The zero-order valence-corrected chi connectivity index (χ0v) is 22.5. The first-order chi connectivity index (χ1) is 18.0. The number of aromatic amines is 2. The largest absolute Gasteiger partial charge is 0.361 e. The monoisotopic (exact) mass is 516 g/mol. The molecule has 9 heteroatoms. The highest BCUT2D eigenvalue weighted by Crippen LogP contribution is 2.23. The molecule has 0 radical (unpaired) electrons. The molecule has 0 saturated carbocycles. The first-order valence-corrected chi connectivity index (χ1v) is 12.7. The van der Waals surface area contributed by atoms with Crippen molar-refractivity contribution >= 4 is 39.5 Å². The number of H-pyrrole nitrogens is 2. The summed E-state index contributed by atoms with van der Waals surface area (Å²) >= 11 is 0. The highest BCUT2D eigenvalue weighted by atomic mass is 16.2. The van der Waals surface area contributed by atoms with Crippen molar-refractivity contribution in [1.29, 1.82) is 0 Å². The first-order valence-electron chi connectivity index (χ1n) is 12.7. The molecule has 2 aromatic heterocycles. The van der Waals surface area contributed by atoms with Crippen molar-refractivity contribution < 1.29 is 14.4 Å². The lowest BCUT2D eigenvalue weighted by Gasteiger charge is -2.34. The highest BCUT2D eigenvalue weighted by molar-refractivity contribution is 5.93. The van der Waals surface area contributed by atoms with Crippen molar-refractivity contribution in [2.24, 2.45) is 0 Å². The number of carbonyl (C=O) groups excluding carboxylic acids is 3. The zero-order chi connectivity index (χ0) is 27.5. The van der Waals surface area contributed by atoms with Gasteiger partial charge in [-0.25, -0.2) is 0 Å². The van der Waals surface area contributed by atoms with E-state index in [1.807, 2.05) is 60.9 Å². The molecule has 2 atom stereocenters. The van der Waals surface area contributed by atoms with Crippen LogP contribution in [0.4, 0.5) is 0 Å². The SMILES string of the molecule is CNC(C)(C)C(=O)N[C@H](Cc1c[nH]c2ccccc12)C(=O)N[C@](C)(Cc1c[nH]c2ccccc12)NC(C)=O. The van der Waals surface area contributed by atoms with Gasteiger partial charge in [-0.05, 0) is 51.1 Å². The number of nitrogens with one attached hydrogen (secondary N) is 6. The van der Waals surface area contributed by atoms with Crippen LogP contribution in [0.5, 0.6) is 0 Å². The van der Waals surface area contributed by atoms with Gasteiger partial charge in [-0.1, -0.05) is 36.4 Å². The Morgan fingerprint density at radius 3 is 1.97 bits per heavy atom. The van der Waals surface area contributed by atoms with Crippen molar-refractivity contribution in [3.8, 4) is 0 Å². The Hall–Kier alpha value is -4.11. The van der Waals surface area contributed by atoms with Crippen LogP contribution in [-0.2, 0) is 27.2 Å². The van der Waals surface area contributed by atoms with Crippen LogP contribution in [0.1, 0.15) is 38.8 Å². The molecule has 38 heavy (non-hydrogen) atoms. The van der Waals surface area contributed by atoms with E-state index >= 15 is 0 Å². The van der Waals surface area contributed by atoms with Crippen LogP contribution >= 0.6 is 0 Å². The molecular formula is C29H36N6O3. The number of amides is 3. The molecule has 2 heterocycles. The predicted molar refractivity (Wildman–Crippen MR) is 149 cm³/mol. The second-order valence-corrected chi connectivity index (χ2v) is 10.5. The van der Waals surface area contributed by atoms with Gasteiger partial charge >= 0.3 is 0 Å². The summed E-state index contributed by atoms with van der Waals surface area (Å²) in [6.07, 6.45) is 4.36. The van der Waals surface area contributed by atoms with Gasteiger partial charge in [-0.15, -0.1) is 0 Å². The lowest BCUT2D eigenvalue weighted by molar-refractivity contribution is -0.133. The van der Waals surface area contributed by atoms with E-state index < -0.39 is 23.2 Å². The van der Waals surface area contributed by atoms with E-state index in [2.05, 4.69) is 31.2 Å². The Kier molecular flexibility index (Phi) is 7.59. The van der Waals surface area contributed by atoms with E-state index in [9.17, 15) is 14.4 Å². The van der Waals surface area contributed by atoms with E-state index in [-0.39, 0.29) is 18.2 Å². The smallest absolute Gasteiger partial charge is 0.244 e. The van der Waals surface area contributed by atoms with Gasteiger partial charge in [-0.3, -0.25) is 14.4 Å². The Morgan fingerprint density at radius 1 is 0.842 bits per heavy atom. The van der Waals surface area contributed by atoms with E-state index in [0.717, 1.165) is 32.9 Å². The van der Waals surface area contributed by atoms with Gasteiger partial charge in [0.1, 0.15) is 11.7 Å². The highest BCUT2D eigenvalue weighted by Gasteiger charge is 2.35. The summed E-state index contributed by atoms with van der Waals surface area (Å²) in [6, 6.07) is 14.8. The normalized spacial score (nSPS) is 14.1. The molecule has 0 unspecified atom stereocenters. The van der Waals surface area contributed by atoms with Gasteiger partial charge in [0, 0.05) is 54.0 Å². The minimum absolute atomic E-state index is 0.268. The summed E-state index contributed by atoms with van der Waals surface area (Å²) in [6.45, 7) is 6.69. The third-order valence-corrected chi connectivity index (χ3v) is 6.98. The molecule has 0 spiro atoms. The number of hydrogen-bond donors (Lipinski definition) is 6. The maximum absolute atomic E-state index is 13.8. The quantitative estimate of drug-likeness (QED) is 0.181. The molecule has 0 fully saturated rings. The van der Waals surface area contributed by atoms with Gasteiger partial charge in [-0.2, -0.15) is 0 Å². The molecular weight excluding hydrogens is 480 g/mol. The number of fused-ring (bicyclic) bond motifs is 2. The third-order valence-electron chi connectivity index (χ3n) is 6.98. The summed E-state index contributed by atoms with van der Waals surface area (Å²) in [4.78, 5) is 45.6. The molecule has 0 aliphatic heterocycles. The zero-order valence-electron chi connectivity index (χ0n) is 22.5. The van der Waals surface area contributed by atoms with Gasteiger partial charge in [0.25, 0.3) is 0 Å². The fourth-order valence-electron chi connectivity index (χ4n) is 4.71. The average molecular weight is 517 g/mol. The molecule has 0 bridgehead atoms. The maximum atomic E-state index is 13.8. The topological polar surface area (TPSA) is 131 Å². The molecule has 4 rings (SSSR count). The number of para-hydroxylation sites is 2. The maximum Gasteiger partial charge on any atom is 0.244 e. The van der Waals surface area contributed by atoms with Crippen LogP contribution in [0.3, 0.4) is 0 Å². The Bertz CT molecular complexity index is 1470. The van der Waals surface area contributed by atoms with Gasteiger partial charge in [0.2, 0.25) is 17.7 Å². The second-order valence-electron chi connectivity index (χ2n) is 10.5. The first kappa shape index (κ1) is 26.9. The summed E-state index contributed by atoms with van der Waals surface area (Å²) in [5, 5.41) is 13.9. The van der Waals surface area contributed by atoms with Crippen molar-refractivity contribution in [2.45, 2.75) is 57.8 Å². The third kappa shape index (κ3) is 5.89. The molecule has 6 N–H and O–H groups in total. The number of likely N-dealkylation sites (N-methyl/N-ethyl adjacent to an activating group) is 1. The molecule has 0 aliphatic carbocycles. The van der Waals surface area contributed by atoms with Crippen molar-refractivity contribution in [1.82, 2.24) is 31.2 Å². The van der Waals surface area contributed by atoms with Crippen LogP contribution in [0.2, 0.25) is 0 Å². The minimum Gasteiger partial charge on any atom is -0.361 e. The molecule has 9 nitrogen and oxygen atoms in total. The average Bonchev–Trinajstić information content (AvgIpc) is 3.47. The van der Waals surface area contributed by atoms with Crippen molar-refractivity contribution in [2.75, 3.05) is 7.05 Å². The fraction of sp³-hybridized carbons (Fsp3) is 0.345. The van der Waals surface area contributed by atoms with Crippen LogP contribution < -0.4 is 21.3 Å². The standard InChI is InChI=1S/C29H36N6O3/c1-18(36)34-29(4,15-20-17-32-24-13-9-7-11-22(20)24)35-26(37)25(33-27(38)28(2,3)30-5)14-19-16-31-23-12-8-6-10-21(19)23/h6-13,16-17,25,30-32H,14-15H2,1-5H3,(H,33,38)(H,34,36)(H,35,37)/t25-,29-/m1/s1. The fourth-order valence-corrected chi connectivity index (χ4v) is 4.71. The second kappa shape index (κ2) is 10.7. The van der Waals surface area contributed by atoms with Crippen molar-refractivity contribution in [3.05, 3.63) is 72.1 Å². The van der Waals surface area contributed by atoms with Crippen LogP contribution in [0, 0.1) is 0 Å². The number of hydrogen-bond acceptors (Lipinski definition) is 4. The lowest BCUT2D eigenvalue weighted by atomic mass is 9.97. The van der Waals surface area contributed by atoms with Gasteiger partial charge in [0.05, 0.1) is 5.54 Å². The summed E-state index contributed by atoms with van der Waals surface area (Å²) in [5.41, 5.74) is 1.79.